The molecule has 2 rings (SSSR count). The maximum atomic E-state index is 10.8. The zero-order valence-corrected chi connectivity index (χ0v) is 18.9. The number of hydrogen-bond acceptors (Lipinski definition) is 3. The van der Waals surface area contributed by atoms with E-state index < -0.39 is 5.91 Å². The number of hydrogen-bond donors (Lipinski definition) is 3. The highest BCUT2D eigenvalue weighted by Crippen LogP contribution is 2.14. The number of nitrogens with two attached hydrogens (primary N) is 1. The molecule has 0 aromatic heterocycles. The first-order valence-electron chi connectivity index (χ1n) is 8.83. The second-order valence-electron chi connectivity index (χ2n) is 5.90. The third-order valence-electron chi connectivity index (χ3n) is 3.66. The fraction of sp³-hybridized carbons (Fsp3) is 0.300. The molecule has 28 heavy (non-hydrogen) atoms. The fourth-order valence-electron chi connectivity index (χ4n) is 2.38. The van der Waals surface area contributed by atoms with Gasteiger partial charge < -0.3 is 21.1 Å². The largest absolute Gasteiger partial charge is 0.484 e. The Morgan fingerprint density at radius 3 is 2.57 bits per heavy atom. The molecule has 0 spiro atoms. The molecule has 0 heterocycles. The van der Waals surface area contributed by atoms with Gasteiger partial charge in [-0.25, -0.2) is 4.99 Å². The Hall–Kier alpha value is -2.00. The summed E-state index contributed by atoms with van der Waals surface area (Å²) in [6.45, 7) is 3.91. The minimum atomic E-state index is -0.502. The Morgan fingerprint density at radius 1 is 1.14 bits per heavy atom. The molecule has 0 aliphatic carbocycles. The Kier molecular flexibility index (Phi) is 11.4. The lowest BCUT2D eigenvalue weighted by Gasteiger charge is -2.12. The van der Waals surface area contributed by atoms with E-state index in [0.717, 1.165) is 36.1 Å². The number of guanidine groups is 1. The molecule has 152 valence electrons. The molecule has 2 aromatic rings. The van der Waals surface area contributed by atoms with Gasteiger partial charge in [0.25, 0.3) is 5.91 Å². The average molecular weight is 517 g/mol. The summed E-state index contributed by atoms with van der Waals surface area (Å²) in [7, 11) is 0. The molecule has 1 amide bonds. The van der Waals surface area contributed by atoms with Crippen molar-refractivity contribution < 1.29 is 9.53 Å². The van der Waals surface area contributed by atoms with Gasteiger partial charge in [0.05, 0.1) is 6.54 Å². The lowest BCUT2D eigenvalue weighted by atomic mass is 10.1. The van der Waals surface area contributed by atoms with E-state index >= 15 is 0 Å². The molecule has 6 nitrogen and oxygen atoms in total. The van der Waals surface area contributed by atoms with Crippen LogP contribution < -0.4 is 21.1 Å². The van der Waals surface area contributed by atoms with Crippen LogP contribution in [0.5, 0.6) is 5.75 Å². The molecule has 0 bridgehead atoms. The van der Waals surface area contributed by atoms with Crippen LogP contribution in [0, 0.1) is 0 Å². The molecule has 0 saturated heterocycles. The van der Waals surface area contributed by atoms with E-state index in [-0.39, 0.29) is 30.6 Å². The van der Waals surface area contributed by atoms with Crippen molar-refractivity contribution in [2.45, 2.75) is 19.9 Å². The van der Waals surface area contributed by atoms with E-state index in [2.05, 4.69) is 15.6 Å². The van der Waals surface area contributed by atoms with Crippen molar-refractivity contribution in [1.82, 2.24) is 10.6 Å². The quantitative estimate of drug-likeness (QED) is 0.271. The van der Waals surface area contributed by atoms with Crippen molar-refractivity contribution in [1.29, 1.82) is 0 Å². The van der Waals surface area contributed by atoms with Gasteiger partial charge in [0.15, 0.2) is 12.6 Å². The number of halogens is 2. The predicted octanol–water partition coefficient (Wildman–Crippen LogP) is 3.12. The van der Waals surface area contributed by atoms with E-state index in [4.69, 9.17) is 22.1 Å². The number of nitrogens with zero attached hydrogens (tertiary/aromatic N) is 1. The highest BCUT2D eigenvalue weighted by Gasteiger charge is 2.01. The summed E-state index contributed by atoms with van der Waals surface area (Å²) in [5, 5.41) is 7.29. The van der Waals surface area contributed by atoms with Gasteiger partial charge in [-0.3, -0.25) is 4.79 Å². The molecule has 0 atom stereocenters. The summed E-state index contributed by atoms with van der Waals surface area (Å²) in [5.74, 6) is 0.842. The van der Waals surface area contributed by atoms with Crippen molar-refractivity contribution >= 4 is 47.4 Å². The molecule has 8 heteroatoms. The van der Waals surface area contributed by atoms with Crippen LogP contribution in [-0.4, -0.2) is 31.6 Å². The molecule has 0 saturated carbocycles. The number of rotatable bonds is 9. The second kappa shape index (κ2) is 13.2. The minimum Gasteiger partial charge on any atom is -0.484 e. The fourth-order valence-corrected chi connectivity index (χ4v) is 2.50. The smallest absolute Gasteiger partial charge is 0.255 e. The highest BCUT2D eigenvalue weighted by atomic mass is 127. The Morgan fingerprint density at radius 2 is 1.89 bits per heavy atom. The summed E-state index contributed by atoms with van der Waals surface area (Å²) in [6.07, 6.45) is 0.873. The van der Waals surface area contributed by atoms with Crippen LogP contribution in [0.2, 0.25) is 5.02 Å². The monoisotopic (exact) mass is 516 g/mol. The summed E-state index contributed by atoms with van der Waals surface area (Å²) < 4.78 is 5.32. The lowest BCUT2D eigenvalue weighted by molar-refractivity contribution is -0.119. The first kappa shape index (κ1) is 24.0. The second-order valence-corrected chi connectivity index (χ2v) is 6.34. The number of nitrogens with one attached hydrogen (secondary N) is 2. The Labute approximate surface area is 187 Å². The zero-order valence-electron chi connectivity index (χ0n) is 15.8. The van der Waals surface area contributed by atoms with Gasteiger partial charge in [0.2, 0.25) is 0 Å². The molecule has 0 fully saturated rings. The molecule has 0 aliphatic rings. The van der Waals surface area contributed by atoms with E-state index in [1.165, 1.54) is 5.56 Å². The number of aliphatic imine (C=N–C) groups is 1. The maximum absolute atomic E-state index is 10.8. The first-order chi connectivity index (χ1) is 13.1. The van der Waals surface area contributed by atoms with Crippen molar-refractivity contribution in [3.8, 4) is 5.75 Å². The van der Waals surface area contributed by atoms with Gasteiger partial charge >= 0.3 is 0 Å². The van der Waals surface area contributed by atoms with Crippen LogP contribution in [0.15, 0.2) is 53.5 Å². The number of ether oxygens (including phenoxy) is 1. The number of benzene rings is 2. The predicted molar refractivity (Wildman–Crippen MR) is 125 cm³/mol. The van der Waals surface area contributed by atoms with E-state index in [1.54, 1.807) is 6.07 Å². The molecule has 0 radical (unpaired) electrons. The molecular formula is C20H26ClIN4O2. The minimum absolute atomic E-state index is 0. The summed E-state index contributed by atoms with van der Waals surface area (Å²) in [6, 6.07) is 15.3. The normalized spacial score (nSPS) is 10.7. The van der Waals surface area contributed by atoms with Gasteiger partial charge in [0, 0.05) is 18.1 Å². The Balaban J connectivity index is 0.00000392. The van der Waals surface area contributed by atoms with Crippen molar-refractivity contribution in [2.75, 3.05) is 19.7 Å². The van der Waals surface area contributed by atoms with E-state index in [0.29, 0.717) is 12.3 Å². The van der Waals surface area contributed by atoms with Crippen LogP contribution in [0.1, 0.15) is 18.1 Å². The zero-order chi connectivity index (χ0) is 19.5. The summed E-state index contributed by atoms with van der Waals surface area (Å²) in [5.41, 5.74) is 7.29. The standard InChI is InChI=1S/C20H25ClN4O2.HI/c1-2-23-20(24-11-10-15-6-8-17(21)9-7-15)25-13-16-4-3-5-18(12-16)27-14-19(22)26;/h3-9,12H,2,10-11,13-14H2,1H3,(H2,22,26)(H2,23,24,25);1H. The molecule has 0 aliphatic heterocycles. The SMILES string of the molecule is CCNC(=NCc1cccc(OCC(N)=O)c1)NCCc1ccc(Cl)cc1.I. The van der Waals surface area contributed by atoms with Crippen LogP contribution in [-0.2, 0) is 17.8 Å². The van der Waals surface area contributed by atoms with Crippen LogP contribution in [0.3, 0.4) is 0 Å². The van der Waals surface area contributed by atoms with Gasteiger partial charge in [-0.15, -0.1) is 24.0 Å². The van der Waals surface area contributed by atoms with Gasteiger partial charge in [0.1, 0.15) is 5.75 Å². The van der Waals surface area contributed by atoms with Crippen molar-refractivity contribution in [3.05, 3.63) is 64.7 Å². The topological polar surface area (TPSA) is 88.7 Å². The highest BCUT2D eigenvalue weighted by molar-refractivity contribution is 14.0. The molecule has 2 aromatic carbocycles. The van der Waals surface area contributed by atoms with Crippen LogP contribution >= 0.6 is 35.6 Å². The maximum Gasteiger partial charge on any atom is 0.255 e. The van der Waals surface area contributed by atoms with Gasteiger partial charge in [-0.05, 0) is 48.7 Å². The van der Waals surface area contributed by atoms with Crippen LogP contribution in [0.4, 0.5) is 0 Å². The molecule has 0 unspecified atom stereocenters. The first-order valence-corrected chi connectivity index (χ1v) is 9.21. The van der Waals surface area contributed by atoms with Gasteiger partial charge in [-0.1, -0.05) is 35.9 Å². The van der Waals surface area contributed by atoms with Gasteiger partial charge in [-0.2, -0.15) is 0 Å². The van der Waals surface area contributed by atoms with E-state index in [9.17, 15) is 4.79 Å². The third-order valence-corrected chi connectivity index (χ3v) is 3.91. The lowest BCUT2D eigenvalue weighted by Crippen LogP contribution is -2.38. The summed E-state index contributed by atoms with van der Waals surface area (Å²) in [4.78, 5) is 15.4. The van der Waals surface area contributed by atoms with Crippen LogP contribution in [0.25, 0.3) is 0 Å². The Bertz CT molecular complexity index is 769. The van der Waals surface area contributed by atoms with Crippen molar-refractivity contribution in [2.24, 2.45) is 10.7 Å². The van der Waals surface area contributed by atoms with E-state index in [1.807, 2.05) is 49.4 Å². The number of carbonyl (C=O) groups is 1. The number of amides is 1. The number of primary amides is 1. The third kappa shape index (κ3) is 9.27. The average Bonchev–Trinajstić information content (AvgIpc) is 2.66. The molecular weight excluding hydrogens is 491 g/mol. The molecule has 4 N–H and O–H groups in total. The summed E-state index contributed by atoms with van der Waals surface area (Å²) >= 11 is 5.91. The van der Waals surface area contributed by atoms with Crippen molar-refractivity contribution in [3.63, 3.8) is 0 Å². The number of carbonyl (C=O) groups excluding carboxylic acids is 1.